The smallest absolute Gasteiger partial charge is 0.341 e. The van der Waals surface area contributed by atoms with E-state index in [1.807, 2.05) is 6.92 Å². The third kappa shape index (κ3) is 5.41. The topological polar surface area (TPSA) is 55.4 Å². The van der Waals surface area contributed by atoms with Gasteiger partial charge in [0.2, 0.25) is 5.91 Å². The molecule has 0 saturated heterocycles. The Morgan fingerprint density at radius 1 is 1.22 bits per heavy atom. The summed E-state index contributed by atoms with van der Waals surface area (Å²) in [5.41, 5.74) is 1.63. The van der Waals surface area contributed by atoms with E-state index in [0.717, 1.165) is 4.90 Å². The van der Waals surface area contributed by atoms with E-state index in [1.54, 1.807) is 30.1 Å². The molecule has 6 heteroatoms. The number of esters is 1. The number of hydrogen-bond donors (Lipinski definition) is 1. The summed E-state index contributed by atoms with van der Waals surface area (Å²) in [7, 11) is 0. The zero-order valence-electron chi connectivity index (χ0n) is 13.1. The van der Waals surface area contributed by atoms with Crippen LogP contribution in [-0.4, -0.2) is 24.2 Å². The Bertz CT molecular complexity index is 665. The van der Waals surface area contributed by atoms with Gasteiger partial charge in [-0.15, -0.1) is 23.1 Å². The van der Waals surface area contributed by atoms with Gasteiger partial charge in [0, 0.05) is 17.1 Å². The zero-order valence-corrected chi connectivity index (χ0v) is 14.8. The molecule has 0 saturated carbocycles. The number of aryl methyl sites for hydroxylation is 1. The predicted octanol–water partition coefficient (Wildman–Crippen LogP) is 4.35. The standard InChI is InChI=1S/C17H19NO3S2/c1-3-21-17(20)14-8-10-23-16(14)18-15(19)9-11-22-13-6-4-12(2)5-7-13/h4-8,10H,3,9,11H2,1-2H3,(H,18,19). The van der Waals surface area contributed by atoms with E-state index in [-0.39, 0.29) is 5.91 Å². The highest BCUT2D eigenvalue weighted by Crippen LogP contribution is 2.25. The second kappa shape index (κ2) is 8.74. The maximum Gasteiger partial charge on any atom is 0.341 e. The second-order valence-electron chi connectivity index (χ2n) is 4.84. The van der Waals surface area contributed by atoms with Crippen molar-refractivity contribution in [3.05, 3.63) is 46.8 Å². The van der Waals surface area contributed by atoms with Crippen molar-refractivity contribution in [2.24, 2.45) is 0 Å². The lowest BCUT2D eigenvalue weighted by Crippen LogP contribution is -2.14. The number of amides is 1. The molecule has 1 aromatic heterocycles. The van der Waals surface area contributed by atoms with Gasteiger partial charge < -0.3 is 10.1 Å². The van der Waals surface area contributed by atoms with Crippen LogP contribution in [0.1, 0.15) is 29.3 Å². The third-order valence-electron chi connectivity index (χ3n) is 3.03. The summed E-state index contributed by atoms with van der Waals surface area (Å²) in [6.45, 7) is 4.12. The lowest BCUT2D eigenvalue weighted by Gasteiger charge is -2.06. The van der Waals surface area contributed by atoms with Gasteiger partial charge in [0.1, 0.15) is 5.00 Å². The van der Waals surface area contributed by atoms with Gasteiger partial charge in [0.15, 0.2) is 0 Å². The molecule has 4 nitrogen and oxygen atoms in total. The predicted molar refractivity (Wildman–Crippen MR) is 95.4 cm³/mol. The number of rotatable bonds is 7. The van der Waals surface area contributed by atoms with Crippen molar-refractivity contribution >= 4 is 40.0 Å². The Morgan fingerprint density at radius 2 is 1.96 bits per heavy atom. The van der Waals surface area contributed by atoms with E-state index in [0.29, 0.717) is 29.3 Å². The molecule has 0 aliphatic rings. The highest BCUT2D eigenvalue weighted by Gasteiger charge is 2.15. The maximum atomic E-state index is 12.0. The van der Waals surface area contributed by atoms with E-state index in [4.69, 9.17) is 4.74 Å². The van der Waals surface area contributed by atoms with Crippen LogP contribution in [0, 0.1) is 6.92 Å². The van der Waals surface area contributed by atoms with Crippen molar-refractivity contribution in [3.63, 3.8) is 0 Å². The SMILES string of the molecule is CCOC(=O)c1ccsc1NC(=O)CCSc1ccc(C)cc1. The van der Waals surface area contributed by atoms with E-state index in [9.17, 15) is 9.59 Å². The van der Waals surface area contributed by atoms with Gasteiger partial charge in [-0.05, 0) is 37.4 Å². The van der Waals surface area contributed by atoms with Crippen LogP contribution < -0.4 is 5.32 Å². The van der Waals surface area contributed by atoms with E-state index in [1.165, 1.54) is 16.9 Å². The molecule has 2 aromatic rings. The quantitative estimate of drug-likeness (QED) is 0.596. The molecule has 1 aromatic carbocycles. The van der Waals surface area contributed by atoms with Crippen molar-refractivity contribution in [1.82, 2.24) is 0 Å². The van der Waals surface area contributed by atoms with Crippen LogP contribution in [0.2, 0.25) is 0 Å². The van der Waals surface area contributed by atoms with E-state index in [2.05, 4.69) is 29.6 Å². The number of hydrogen-bond acceptors (Lipinski definition) is 5. The molecule has 0 spiro atoms. The fourth-order valence-corrected chi connectivity index (χ4v) is 3.50. The lowest BCUT2D eigenvalue weighted by atomic mass is 10.2. The number of carbonyl (C=O) groups excluding carboxylic acids is 2. The largest absolute Gasteiger partial charge is 0.462 e. The molecule has 2 rings (SSSR count). The van der Waals surface area contributed by atoms with Gasteiger partial charge >= 0.3 is 5.97 Å². The first kappa shape index (κ1) is 17.6. The molecule has 0 aliphatic carbocycles. The van der Waals surface area contributed by atoms with Crippen molar-refractivity contribution in [2.45, 2.75) is 25.2 Å². The number of nitrogens with one attached hydrogen (secondary N) is 1. The number of benzene rings is 1. The Hall–Kier alpha value is -1.79. The van der Waals surface area contributed by atoms with Crippen molar-refractivity contribution in [2.75, 3.05) is 17.7 Å². The third-order valence-corrected chi connectivity index (χ3v) is 4.88. The molecule has 0 unspecified atom stereocenters. The number of thiophene rings is 1. The van der Waals surface area contributed by atoms with Crippen LogP contribution in [-0.2, 0) is 9.53 Å². The van der Waals surface area contributed by atoms with Crippen LogP contribution in [0.3, 0.4) is 0 Å². The van der Waals surface area contributed by atoms with Gasteiger partial charge in [-0.2, -0.15) is 0 Å². The summed E-state index contributed by atoms with van der Waals surface area (Å²) >= 11 is 2.96. The number of anilines is 1. The summed E-state index contributed by atoms with van der Waals surface area (Å²) < 4.78 is 4.97. The van der Waals surface area contributed by atoms with Gasteiger partial charge in [-0.25, -0.2) is 4.79 Å². The summed E-state index contributed by atoms with van der Waals surface area (Å²) in [6.07, 6.45) is 0.388. The summed E-state index contributed by atoms with van der Waals surface area (Å²) in [5.74, 6) is 0.186. The van der Waals surface area contributed by atoms with Crippen molar-refractivity contribution in [1.29, 1.82) is 0 Å². The van der Waals surface area contributed by atoms with E-state index >= 15 is 0 Å². The Kier molecular flexibility index (Phi) is 6.67. The summed E-state index contributed by atoms with van der Waals surface area (Å²) in [5, 5.41) is 5.11. The maximum absolute atomic E-state index is 12.0. The first-order chi connectivity index (χ1) is 11.1. The average Bonchev–Trinajstić information content (AvgIpc) is 2.97. The van der Waals surface area contributed by atoms with E-state index < -0.39 is 5.97 Å². The summed E-state index contributed by atoms with van der Waals surface area (Å²) in [6, 6.07) is 9.88. The van der Waals surface area contributed by atoms with Crippen LogP contribution >= 0.6 is 23.1 Å². The second-order valence-corrected chi connectivity index (χ2v) is 6.93. The molecule has 0 bridgehead atoms. The Labute approximate surface area is 144 Å². The molecule has 1 heterocycles. The molecule has 0 fully saturated rings. The minimum absolute atomic E-state index is 0.0994. The highest BCUT2D eigenvalue weighted by molar-refractivity contribution is 7.99. The molecule has 1 N–H and O–H groups in total. The Balaban J connectivity index is 1.82. The normalized spacial score (nSPS) is 10.3. The first-order valence-corrected chi connectivity index (χ1v) is 9.20. The van der Waals surface area contributed by atoms with Crippen LogP contribution in [0.4, 0.5) is 5.00 Å². The van der Waals surface area contributed by atoms with Crippen LogP contribution in [0.25, 0.3) is 0 Å². The van der Waals surface area contributed by atoms with Crippen LogP contribution in [0.5, 0.6) is 0 Å². The van der Waals surface area contributed by atoms with Crippen LogP contribution in [0.15, 0.2) is 40.6 Å². The molecule has 0 aliphatic heterocycles. The average molecular weight is 349 g/mol. The number of thioether (sulfide) groups is 1. The van der Waals surface area contributed by atoms with Gasteiger partial charge in [-0.1, -0.05) is 17.7 Å². The molecule has 0 atom stereocenters. The fraction of sp³-hybridized carbons (Fsp3) is 0.294. The zero-order chi connectivity index (χ0) is 16.7. The molecule has 122 valence electrons. The summed E-state index contributed by atoms with van der Waals surface area (Å²) in [4.78, 5) is 24.9. The Morgan fingerprint density at radius 3 is 2.65 bits per heavy atom. The first-order valence-electron chi connectivity index (χ1n) is 7.34. The van der Waals surface area contributed by atoms with Gasteiger partial charge in [0.25, 0.3) is 0 Å². The molecular weight excluding hydrogens is 330 g/mol. The monoisotopic (exact) mass is 349 g/mol. The fourth-order valence-electron chi connectivity index (χ4n) is 1.86. The van der Waals surface area contributed by atoms with Crippen molar-refractivity contribution in [3.8, 4) is 0 Å². The van der Waals surface area contributed by atoms with Crippen molar-refractivity contribution < 1.29 is 14.3 Å². The van der Waals surface area contributed by atoms with Gasteiger partial charge in [-0.3, -0.25) is 4.79 Å². The molecule has 0 radical (unpaired) electrons. The minimum Gasteiger partial charge on any atom is -0.462 e. The highest BCUT2D eigenvalue weighted by atomic mass is 32.2. The molecule has 23 heavy (non-hydrogen) atoms. The lowest BCUT2D eigenvalue weighted by molar-refractivity contribution is -0.115. The number of carbonyl (C=O) groups is 2. The molecular formula is C17H19NO3S2. The molecule has 1 amide bonds. The van der Waals surface area contributed by atoms with Gasteiger partial charge in [0.05, 0.1) is 12.2 Å². The minimum atomic E-state index is -0.405. The number of ether oxygens (including phenoxy) is 1.